The predicted molar refractivity (Wildman–Crippen MR) is 152 cm³/mol. The normalized spacial score (nSPS) is 17.9. The van der Waals surface area contributed by atoms with Crippen LogP contribution in [0.25, 0.3) is 22.4 Å². The molecule has 6 nitrogen and oxygen atoms in total. The topological polar surface area (TPSA) is 73.4 Å². The van der Waals surface area contributed by atoms with Crippen molar-refractivity contribution >= 4 is 34.5 Å². The Bertz CT molecular complexity index is 1460. The molecule has 0 spiro atoms. The van der Waals surface area contributed by atoms with E-state index in [1.807, 2.05) is 54.9 Å². The summed E-state index contributed by atoms with van der Waals surface area (Å²) in [4.78, 5) is 27.6. The van der Waals surface area contributed by atoms with Crippen LogP contribution < -0.4 is 10.2 Å². The number of rotatable bonds is 6. The number of aromatic nitrogens is 2. The second-order valence-electron chi connectivity index (χ2n) is 10.00. The number of benzene rings is 3. The van der Waals surface area contributed by atoms with Crippen molar-refractivity contribution < 1.29 is 4.79 Å². The highest BCUT2D eigenvalue weighted by Crippen LogP contribution is 2.31. The van der Waals surface area contributed by atoms with Crippen LogP contribution in [0.1, 0.15) is 48.0 Å². The van der Waals surface area contributed by atoms with E-state index in [0.29, 0.717) is 17.4 Å². The van der Waals surface area contributed by atoms with E-state index in [2.05, 4.69) is 57.5 Å². The number of fused-ring (bicyclic) bond motifs is 1. The highest BCUT2D eigenvalue weighted by Gasteiger charge is 2.18. The Morgan fingerprint density at radius 2 is 1.81 bits per heavy atom. The van der Waals surface area contributed by atoms with Crippen LogP contribution in [0.15, 0.2) is 84.0 Å². The summed E-state index contributed by atoms with van der Waals surface area (Å²) in [5.41, 5.74) is 6.68. The Kier molecular flexibility index (Phi) is 6.31. The van der Waals surface area contributed by atoms with Gasteiger partial charge in [0.25, 0.3) is 5.91 Å². The molecule has 3 heterocycles. The molecule has 186 valence electrons. The number of hydrogen-bond donors (Lipinski definition) is 2. The van der Waals surface area contributed by atoms with Gasteiger partial charge >= 0.3 is 0 Å². The lowest BCUT2D eigenvalue weighted by atomic mass is 9.85. The van der Waals surface area contributed by atoms with Crippen LogP contribution in [0.5, 0.6) is 0 Å². The largest absolute Gasteiger partial charge is 0.372 e. The van der Waals surface area contributed by atoms with E-state index in [4.69, 9.17) is 4.98 Å². The van der Waals surface area contributed by atoms with Gasteiger partial charge in [-0.3, -0.25) is 9.79 Å². The van der Waals surface area contributed by atoms with E-state index < -0.39 is 0 Å². The van der Waals surface area contributed by atoms with Crippen LogP contribution >= 0.6 is 0 Å². The molecule has 6 rings (SSSR count). The third-order valence-corrected chi connectivity index (χ3v) is 7.59. The quantitative estimate of drug-likeness (QED) is 0.313. The lowest BCUT2D eigenvalue weighted by molar-refractivity contribution is 0.102. The number of amides is 1. The Balaban J connectivity index is 1.15. The molecule has 1 amide bonds. The molecule has 0 aliphatic carbocycles. The molecular weight excluding hydrogens is 458 g/mol. The molecule has 1 fully saturated rings. The van der Waals surface area contributed by atoms with Crippen LogP contribution in [0.4, 0.5) is 11.4 Å². The lowest BCUT2D eigenvalue weighted by Crippen LogP contribution is -2.18. The van der Waals surface area contributed by atoms with Gasteiger partial charge in [0.05, 0.1) is 11.0 Å². The summed E-state index contributed by atoms with van der Waals surface area (Å²) < 4.78 is 0. The fraction of sp³-hybridized carbons (Fsp3) is 0.258. The summed E-state index contributed by atoms with van der Waals surface area (Å²) in [6.45, 7) is 4.45. The van der Waals surface area contributed by atoms with Gasteiger partial charge in [-0.15, -0.1) is 0 Å². The highest BCUT2D eigenvalue weighted by molar-refractivity contribution is 6.05. The van der Waals surface area contributed by atoms with E-state index in [1.54, 1.807) is 0 Å². The first-order valence-electron chi connectivity index (χ1n) is 13.1. The SMILES string of the molecule is CC(c1ccc(-c2nc3ccc(NC(=O)c4ccc(N5CCCC5)cc4)cc3[nH]2)cc1)C1C=CN=CC1. The van der Waals surface area contributed by atoms with Crippen LogP contribution in [-0.4, -0.2) is 35.2 Å². The Labute approximate surface area is 217 Å². The van der Waals surface area contributed by atoms with Gasteiger partial charge in [-0.25, -0.2) is 4.98 Å². The summed E-state index contributed by atoms with van der Waals surface area (Å²) in [7, 11) is 0. The maximum Gasteiger partial charge on any atom is 0.255 e. The van der Waals surface area contributed by atoms with E-state index >= 15 is 0 Å². The number of aromatic amines is 1. The first kappa shape index (κ1) is 23.2. The number of H-pyrrole nitrogens is 1. The van der Waals surface area contributed by atoms with Gasteiger partial charge in [-0.2, -0.15) is 0 Å². The number of imidazole rings is 1. The monoisotopic (exact) mass is 489 g/mol. The minimum absolute atomic E-state index is 0.115. The van der Waals surface area contributed by atoms with Gasteiger partial charge < -0.3 is 15.2 Å². The van der Waals surface area contributed by atoms with Crippen LogP contribution in [0.2, 0.25) is 0 Å². The zero-order chi connectivity index (χ0) is 25.2. The average molecular weight is 490 g/mol. The molecule has 6 heteroatoms. The molecule has 2 unspecified atom stereocenters. The van der Waals surface area contributed by atoms with Gasteiger partial charge in [0.2, 0.25) is 0 Å². The number of carbonyl (C=O) groups is 1. The third-order valence-electron chi connectivity index (χ3n) is 7.59. The van der Waals surface area contributed by atoms with Gasteiger partial charge in [-0.1, -0.05) is 37.3 Å². The molecular formula is C31H31N5O. The number of nitrogens with one attached hydrogen (secondary N) is 2. The molecule has 1 aromatic heterocycles. The molecule has 4 aromatic rings. The van der Waals surface area contributed by atoms with Crippen molar-refractivity contribution in [1.82, 2.24) is 9.97 Å². The number of allylic oxidation sites excluding steroid dienone is 1. The van der Waals surface area contributed by atoms with Gasteiger partial charge in [0.15, 0.2) is 0 Å². The average Bonchev–Trinajstić information content (AvgIpc) is 3.64. The molecule has 1 saturated heterocycles. The summed E-state index contributed by atoms with van der Waals surface area (Å²) in [6, 6.07) is 22.3. The second kappa shape index (κ2) is 10.1. The minimum Gasteiger partial charge on any atom is -0.372 e. The van der Waals surface area contributed by atoms with Crippen LogP contribution in [0.3, 0.4) is 0 Å². The molecule has 2 aliphatic heterocycles. The Morgan fingerprint density at radius 3 is 2.54 bits per heavy atom. The maximum absolute atomic E-state index is 12.8. The summed E-state index contributed by atoms with van der Waals surface area (Å²) in [5.74, 6) is 1.61. The first-order valence-corrected chi connectivity index (χ1v) is 13.1. The number of carbonyl (C=O) groups excluding carboxylic acids is 1. The molecule has 2 N–H and O–H groups in total. The molecule has 0 saturated carbocycles. The summed E-state index contributed by atoms with van der Waals surface area (Å²) in [5, 5.41) is 3.02. The van der Waals surface area contributed by atoms with Crippen molar-refractivity contribution in [2.24, 2.45) is 10.9 Å². The van der Waals surface area contributed by atoms with E-state index in [1.165, 1.54) is 24.1 Å². The smallest absolute Gasteiger partial charge is 0.255 e. The molecule has 37 heavy (non-hydrogen) atoms. The van der Waals surface area contributed by atoms with Gasteiger partial charge in [0, 0.05) is 48.0 Å². The van der Waals surface area contributed by atoms with Crippen molar-refractivity contribution in [3.8, 4) is 11.4 Å². The zero-order valence-corrected chi connectivity index (χ0v) is 21.0. The second-order valence-corrected chi connectivity index (χ2v) is 10.00. The molecule has 3 aromatic carbocycles. The van der Waals surface area contributed by atoms with Crippen molar-refractivity contribution in [3.05, 3.63) is 90.1 Å². The van der Waals surface area contributed by atoms with E-state index in [0.717, 1.165) is 47.6 Å². The Morgan fingerprint density at radius 1 is 1.03 bits per heavy atom. The molecule has 0 bridgehead atoms. The van der Waals surface area contributed by atoms with Crippen molar-refractivity contribution in [1.29, 1.82) is 0 Å². The number of nitrogens with zero attached hydrogens (tertiary/aromatic N) is 3. The third kappa shape index (κ3) is 4.92. The fourth-order valence-electron chi connectivity index (χ4n) is 5.27. The minimum atomic E-state index is -0.115. The number of aliphatic imine (C=N–C) groups is 1. The van der Waals surface area contributed by atoms with Crippen molar-refractivity contribution in [3.63, 3.8) is 0 Å². The number of hydrogen-bond acceptors (Lipinski definition) is 4. The summed E-state index contributed by atoms with van der Waals surface area (Å²) in [6.07, 6.45) is 9.53. The van der Waals surface area contributed by atoms with Gasteiger partial charge in [-0.05, 0) is 79.1 Å². The van der Waals surface area contributed by atoms with Gasteiger partial charge in [0.1, 0.15) is 5.82 Å². The number of anilines is 2. The predicted octanol–water partition coefficient (Wildman–Crippen LogP) is 6.79. The highest BCUT2D eigenvalue weighted by atomic mass is 16.1. The first-order chi connectivity index (χ1) is 18.1. The van der Waals surface area contributed by atoms with Crippen molar-refractivity contribution in [2.45, 2.75) is 32.1 Å². The molecule has 0 radical (unpaired) electrons. The van der Waals surface area contributed by atoms with E-state index in [-0.39, 0.29) is 5.91 Å². The zero-order valence-electron chi connectivity index (χ0n) is 21.0. The Hall–Kier alpha value is -4.19. The standard InChI is InChI=1S/C31H31N5O/c1-21(23-14-16-32-17-15-23)22-4-6-24(7-5-22)30-34-28-13-10-26(20-29(28)35-30)33-31(37)25-8-11-27(12-9-25)36-18-2-3-19-36/h4-14,16-17,20-21,23H,2-3,15,18-19H2,1H3,(H,33,37)(H,34,35). The summed E-state index contributed by atoms with van der Waals surface area (Å²) >= 11 is 0. The molecule has 2 aliphatic rings. The fourth-order valence-corrected chi connectivity index (χ4v) is 5.27. The van der Waals surface area contributed by atoms with Crippen LogP contribution in [-0.2, 0) is 0 Å². The van der Waals surface area contributed by atoms with Crippen molar-refractivity contribution in [2.75, 3.05) is 23.3 Å². The maximum atomic E-state index is 12.8. The van der Waals surface area contributed by atoms with Crippen LogP contribution in [0, 0.1) is 5.92 Å². The van der Waals surface area contributed by atoms with E-state index in [9.17, 15) is 4.79 Å². The molecule has 2 atom stereocenters. The lowest BCUT2D eigenvalue weighted by Gasteiger charge is -2.21.